The van der Waals surface area contributed by atoms with E-state index in [1.807, 2.05) is 6.92 Å². The van der Waals surface area contributed by atoms with Crippen molar-refractivity contribution in [2.24, 2.45) is 0 Å². The highest BCUT2D eigenvalue weighted by Crippen LogP contribution is 2.26. The van der Waals surface area contributed by atoms with Crippen molar-refractivity contribution in [3.63, 3.8) is 0 Å². The fraction of sp³-hybridized carbons (Fsp3) is 0.600. The van der Waals surface area contributed by atoms with Crippen LogP contribution in [0.25, 0.3) is 0 Å². The highest BCUT2D eigenvalue weighted by atomic mass is 32.2. The average molecular weight is 294 g/mol. The summed E-state index contributed by atoms with van der Waals surface area (Å²) in [5.41, 5.74) is 2.80. The molecule has 1 N–H and O–H groups in total. The lowest BCUT2D eigenvalue weighted by Gasteiger charge is -2.37. The molecule has 5 heteroatoms. The lowest BCUT2D eigenvalue weighted by molar-refractivity contribution is 0.208. The number of hydrogen-bond acceptors (Lipinski definition) is 4. The van der Waals surface area contributed by atoms with Gasteiger partial charge in [0, 0.05) is 38.1 Å². The van der Waals surface area contributed by atoms with E-state index in [2.05, 4.69) is 34.5 Å². The van der Waals surface area contributed by atoms with Crippen LogP contribution < -0.4 is 5.32 Å². The van der Waals surface area contributed by atoms with Gasteiger partial charge in [0.2, 0.25) is 0 Å². The normalized spacial score (nSPS) is 29.9. The molecule has 3 rings (SSSR count). The molecule has 2 aliphatic rings. The van der Waals surface area contributed by atoms with Crippen LogP contribution >= 0.6 is 0 Å². The zero-order valence-electron chi connectivity index (χ0n) is 11.9. The zero-order chi connectivity index (χ0) is 14.2. The topological polar surface area (TPSA) is 49.4 Å². The van der Waals surface area contributed by atoms with Crippen molar-refractivity contribution in [3.8, 4) is 0 Å². The molecule has 0 saturated carbocycles. The van der Waals surface area contributed by atoms with E-state index in [9.17, 15) is 8.42 Å². The lowest BCUT2D eigenvalue weighted by atomic mass is 9.90. The van der Waals surface area contributed by atoms with Crippen molar-refractivity contribution in [1.29, 1.82) is 0 Å². The molecule has 4 nitrogen and oxygen atoms in total. The van der Waals surface area contributed by atoms with Crippen LogP contribution in [0.3, 0.4) is 0 Å². The van der Waals surface area contributed by atoms with Crippen LogP contribution in [0.4, 0.5) is 0 Å². The van der Waals surface area contributed by atoms with Crippen molar-refractivity contribution >= 4 is 9.84 Å². The Bertz CT molecular complexity index is 585. The van der Waals surface area contributed by atoms with E-state index in [4.69, 9.17) is 0 Å². The average Bonchev–Trinajstić information content (AvgIpc) is 2.42. The van der Waals surface area contributed by atoms with Gasteiger partial charge < -0.3 is 5.32 Å². The minimum absolute atomic E-state index is 0.128. The van der Waals surface area contributed by atoms with E-state index < -0.39 is 9.84 Å². The molecule has 2 aliphatic heterocycles. The summed E-state index contributed by atoms with van der Waals surface area (Å²) in [7, 11) is -2.82. The molecule has 110 valence electrons. The van der Waals surface area contributed by atoms with Gasteiger partial charge >= 0.3 is 0 Å². The predicted molar refractivity (Wildman–Crippen MR) is 80.6 cm³/mol. The Morgan fingerprint density at radius 1 is 1.35 bits per heavy atom. The number of nitrogens with zero attached hydrogens (tertiary/aromatic N) is 1. The van der Waals surface area contributed by atoms with Crippen molar-refractivity contribution < 1.29 is 8.42 Å². The van der Waals surface area contributed by atoms with Gasteiger partial charge in [-0.2, -0.15) is 0 Å². The minimum atomic E-state index is -2.82. The molecule has 0 aromatic heterocycles. The third-order valence-corrected chi connectivity index (χ3v) is 6.26. The first-order valence-corrected chi connectivity index (χ1v) is 9.10. The van der Waals surface area contributed by atoms with Gasteiger partial charge in [-0.3, -0.25) is 4.90 Å². The van der Waals surface area contributed by atoms with Gasteiger partial charge in [0.15, 0.2) is 9.84 Å². The first kappa shape index (κ1) is 14.0. The number of rotatable bonds is 2. The van der Waals surface area contributed by atoms with Crippen LogP contribution in [0.5, 0.6) is 0 Å². The number of sulfone groups is 1. The molecule has 2 atom stereocenters. The Kier molecular flexibility index (Phi) is 3.84. The summed E-state index contributed by atoms with van der Waals surface area (Å²) in [5, 5.41) is 3.47. The highest BCUT2D eigenvalue weighted by molar-refractivity contribution is 7.91. The Morgan fingerprint density at radius 2 is 2.15 bits per heavy atom. The lowest BCUT2D eigenvalue weighted by Crippen LogP contribution is -2.49. The molecule has 1 saturated heterocycles. The second kappa shape index (κ2) is 5.47. The number of fused-ring (bicyclic) bond motifs is 1. The van der Waals surface area contributed by atoms with Crippen molar-refractivity contribution in [3.05, 3.63) is 35.4 Å². The molecule has 2 unspecified atom stereocenters. The molecule has 1 fully saturated rings. The molecule has 0 amide bonds. The maximum absolute atomic E-state index is 11.7. The maximum atomic E-state index is 11.7. The van der Waals surface area contributed by atoms with Crippen LogP contribution in [-0.2, 0) is 16.4 Å². The largest absolute Gasteiger partial charge is 0.312 e. The molecule has 0 aliphatic carbocycles. The van der Waals surface area contributed by atoms with E-state index in [0.717, 1.165) is 19.6 Å². The molecule has 1 aromatic rings. The SMILES string of the molecule is CC1CS(=O)(=O)CCN1CC1CNCc2ccccc21. The fourth-order valence-corrected chi connectivity index (χ4v) is 4.96. The monoisotopic (exact) mass is 294 g/mol. The molecule has 20 heavy (non-hydrogen) atoms. The van der Waals surface area contributed by atoms with Gasteiger partial charge in [-0.25, -0.2) is 8.42 Å². The maximum Gasteiger partial charge on any atom is 0.153 e. The summed E-state index contributed by atoms with van der Waals surface area (Å²) >= 11 is 0. The van der Waals surface area contributed by atoms with E-state index in [1.165, 1.54) is 11.1 Å². The van der Waals surface area contributed by atoms with Crippen molar-refractivity contribution in [2.45, 2.75) is 25.4 Å². The molecule has 0 bridgehead atoms. The molecule has 0 radical (unpaired) electrons. The predicted octanol–water partition coefficient (Wildman–Crippen LogP) is 0.992. The van der Waals surface area contributed by atoms with Gasteiger partial charge in [-0.15, -0.1) is 0 Å². The summed E-state index contributed by atoms with van der Waals surface area (Å²) in [5.74, 6) is 1.07. The highest BCUT2D eigenvalue weighted by Gasteiger charge is 2.30. The third-order valence-electron chi connectivity index (χ3n) is 4.46. The summed E-state index contributed by atoms with van der Waals surface area (Å²) < 4.78 is 23.3. The Labute approximate surface area is 121 Å². The Hall–Kier alpha value is -0.910. The Morgan fingerprint density at radius 3 is 2.95 bits per heavy atom. The van der Waals surface area contributed by atoms with Crippen molar-refractivity contribution in [1.82, 2.24) is 10.2 Å². The summed E-state index contributed by atoms with van der Waals surface area (Å²) in [4.78, 5) is 2.33. The summed E-state index contributed by atoms with van der Waals surface area (Å²) in [6.07, 6.45) is 0. The first-order chi connectivity index (χ1) is 9.55. The van der Waals surface area contributed by atoms with Crippen LogP contribution in [0.1, 0.15) is 24.0 Å². The fourth-order valence-electron chi connectivity index (χ4n) is 3.33. The van der Waals surface area contributed by atoms with Crippen molar-refractivity contribution in [2.75, 3.05) is 31.1 Å². The van der Waals surface area contributed by atoms with Gasteiger partial charge in [-0.05, 0) is 18.1 Å². The molecular weight excluding hydrogens is 272 g/mol. The van der Waals surface area contributed by atoms with Gasteiger partial charge in [0.05, 0.1) is 11.5 Å². The van der Waals surface area contributed by atoms with Gasteiger partial charge in [0.1, 0.15) is 0 Å². The second-order valence-corrected chi connectivity index (χ2v) is 8.21. The van der Waals surface area contributed by atoms with E-state index in [1.54, 1.807) is 0 Å². The van der Waals surface area contributed by atoms with Gasteiger partial charge in [-0.1, -0.05) is 24.3 Å². The quantitative estimate of drug-likeness (QED) is 0.884. The molecule has 1 aromatic carbocycles. The summed E-state index contributed by atoms with van der Waals surface area (Å²) in [6, 6.07) is 8.70. The van der Waals surface area contributed by atoms with E-state index >= 15 is 0 Å². The van der Waals surface area contributed by atoms with E-state index in [0.29, 0.717) is 24.0 Å². The molecular formula is C15H22N2O2S. The Balaban J connectivity index is 1.73. The van der Waals surface area contributed by atoms with Crippen LogP contribution in [0.15, 0.2) is 24.3 Å². The smallest absolute Gasteiger partial charge is 0.153 e. The first-order valence-electron chi connectivity index (χ1n) is 7.28. The second-order valence-electron chi connectivity index (χ2n) is 5.98. The molecule has 0 spiro atoms. The number of hydrogen-bond donors (Lipinski definition) is 1. The van der Waals surface area contributed by atoms with Crippen LogP contribution in [-0.4, -0.2) is 50.5 Å². The number of benzene rings is 1. The van der Waals surface area contributed by atoms with E-state index in [-0.39, 0.29) is 6.04 Å². The molecule has 2 heterocycles. The zero-order valence-corrected chi connectivity index (χ0v) is 12.7. The van der Waals surface area contributed by atoms with Gasteiger partial charge in [0.25, 0.3) is 0 Å². The van der Waals surface area contributed by atoms with Crippen LogP contribution in [0, 0.1) is 0 Å². The number of nitrogens with one attached hydrogen (secondary N) is 1. The third kappa shape index (κ3) is 2.90. The van der Waals surface area contributed by atoms with Crippen LogP contribution in [0.2, 0.25) is 0 Å². The standard InChI is InChI=1S/C15H22N2O2S/c1-12-11-20(18,19)7-6-17(12)10-14-9-16-8-13-4-2-3-5-15(13)14/h2-5,12,14,16H,6-11H2,1H3. The summed E-state index contributed by atoms with van der Waals surface area (Å²) in [6.45, 7) is 5.56. The minimum Gasteiger partial charge on any atom is -0.312 e.